The van der Waals surface area contributed by atoms with E-state index in [9.17, 15) is 9.59 Å². The summed E-state index contributed by atoms with van der Waals surface area (Å²) in [6.07, 6.45) is 2.18. The topological polar surface area (TPSA) is 73.7 Å². The van der Waals surface area contributed by atoms with E-state index in [0.29, 0.717) is 17.9 Å². The first-order valence-corrected chi connectivity index (χ1v) is 6.58. The maximum atomic E-state index is 11.8. The molecule has 110 valence electrons. The molecule has 1 aromatic rings. The van der Waals surface area contributed by atoms with Crippen LogP contribution in [0.15, 0.2) is 12.3 Å². The minimum Gasteiger partial charge on any atom is -0.480 e. The zero-order valence-corrected chi connectivity index (χ0v) is 12.5. The summed E-state index contributed by atoms with van der Waals surface area (Å²) in [7, 11) is 3.27. The van der Waals surface area contributed by atoms with Gasteiger partial charge in [0, 0.05) is 26.8 Å². The van der Waals surface area contributed by atoms with Gasteiger partial charge in [-0.3, -0.25) is 9.59 Å². The van der Waals surface area contributed by atoms with Crippen molar-refractivity contribution in [1.82, 2.24) is 9.88 Å². The van der Waals surface area contributed by atoms with Crippen molar-refractivity contribution in [3.8, 4) is 0 Å². The molecule has 7 heteroatoms. The molecular formula is C13H18ClN3O3. The number of carboxylic acid groups (broad SMARTS) is 1. The molecule has 0 saturated heterocycles. The first-order valence-electron chi connectivity index (χ1n) is 6.20. The van der Waals surface area contributed by atoms with Gasteiger partial charge in [-0.25, -0.2) is 4.98 Å². The molecule has 1 N–H and O–H groups in total. The second-order valence-electron chi connectivity index (χ2n) is 4.54. The molecule has 0 aromatic carbocycles. The molecule has 0 radical (unpaired) electrons. The molecule has 0 aliphatic rings. The normalized spacial score (nSPS) is 10.2. The van der Waals surface area contributed by atoms with Crippen molar-refractivity contribution in [3.05, 3.63) is 22.8 Å². The summed E-state index contributed by atoms with van der Waals surface area (Å²) in [5, 5.41) is 9.18. The number of aromatic nitrogens is 1. The van der Waals surface area contributed by atoms with E-state index < -0.39 is 5.97 Å². The Bertz CT molecular complexity index is 506. The van der Waals surface area contributed by atoms with Gasteiger partial charge in [0.15, 0.2) is 0 Å². The minimum atomic E-state index is -0.954. The van der Waals surface area contributed by atoms with Crippen LogP contribution in [0.25, 0.3) is 0 Å². The molecule has 1 heterocycles. The van der Waals surface area contributed by atoms with Crippen molar-refractivity contribution >= 4 is 29.3 Å². The van der Waals surface area contributed by atoms with Gasteiger partial charge in [0.05, 0.1) is 10.6 Å². The van der Waals surface area contributed by atoms with Gasteiger partial charge in [0.1, 0.15) is 12.4 Å². The highest BCUT2D eigenvalue weighted by atomic mass is 35.5. The van der Waals surface area contributed by atoms with Crippen LogP contribution in [0.3, 0.4) is 0 Å². The third-order valence-electron chi connectivity index (χ3n) is 2.59. The van der Waals surface area contributed by atoms with E-state index in [1.807, 2.05) is 6.92 Å². The SMILES string of the molecule is CCCN(CC(=O)O)c1ncc(C(=O)N(C)C)cc1Cl. The first kappa shape index (κ1) is 16.2. The van der Waals surface area contributed by atoms with Gasteiger partial charge in [-0.1, -0.05) is 18.5 Å². The predicted octanol–water partition coefficient (Wildman–Crippen LogP) is 1.74. The number of carboxylic acids is 1. The van der Waals surface area contributed by atoms with Crippen LogP contribution < -0.4 is 4.90 Å². The fourth-order valence-corrected chi connectivity index (χ4v) is 2.02. The average Bonchev–Trinajstić information content (AvgIpc) is 2.36. The lowest BCUT2D eigenvalue weighted by Gasteiger charge is -2.22. The standard InChI is InChI=1S/C13H18ClN3O3/c1-4-5-17(8-11(18)19)12-10(14)6-9(7-15-12)13(20)16(2)3/h6-7H,4-5,8H2,1-3H3,(H,18,19). The second-order valence-corrected chi connectivity index (χ2v) is 4.95. The van der Waals surface area contributed by atoms with Crippen LogP contribution in [0.5, 0.6) is 0 Å². The van der Waals surface area contributed by atoms with Crippen molar-refractivity contribution in [2.75, 3.05) is 32.1 Å². The summed E-state index contributed by atoms with van der Waals surface area (Å²) >= 11 is 6.12. The summed E-state index contributed by atoms with van der Waals surface area (Å²) in [5.41, 5.74) is 0.371. The van der Waals surface area contributed by atoms with E-state index in [2.05, 4.69) is 4.98 Å². The number of halogens is 1. The van der Waals surface area contributed by atoms with Crippen molar-refractivity contribution in [1.29, 1.82) is 0 Å². The molecule has 0 aliphatic heterocycles. The van der Waals surface area contributed by atoms with Crippen molar-refractivity contribution in [3.63, 3.8) is 0 Å². The van der Waals surface area contributed by atoms with Crippen LogP contribution in [-0.4, -0.2) is 54.1 Å². The average molecular weight is 300 g/mol. The Labute approximate surface area is 123 Å². The van der Waals surface area contributed by atoms with Gasteiger partial charge in [-0.2, -0.15) is 0 Å². The zero-order valence-electron chi connectivity index (χ0n) is 11.8. The lowest BCUT2D eigenvalue weighted by molar-refractivity contribution is -0.135. The Hall–Kier alpha value is -1.82. The van der Waals surface area contributed by atoms with E-state index in [1.165, 1.54) is 17.2 Å². The van der Waals surface area contributed by atoms with Crippen molar-refractivity contribution < 1.29 is 14.7 Å². The van der Waals surface area contributed by atoms with Crippen molar-refractivity contribution in [2.24, 2.45) is 0 Å². The van der Waals surface area contributed by atoms with Crippen LogP contribution in [0, 0.1) is 0 Å². The van der Waals surface area contributed by atoms with E-state index in [0.717, 1.165) is 6.42 Å². The maximum Gasteiger partial charge on any atom is 0.323 e. The lowest BCUT2D eigenvalue weighted by Crippen LogP contribution is -2.31. The molecule has 1 aromatic heterocycles. The molecule has 6 nitrogen and oxygen atoms in total. The Balaban J connectivity index is 3.06. The molecule has 20 heavy (non-hydrogen) atoms. The zero-order chi connectivity index (χ0) is 15.3. The first-order chi connectivity index (χ1) is 9.36. The van der Waals surface area contributed by atoms with Crippen LogP contribution in [0.4, 0.5) is 5.82 Å². The number of carbonyl (C=O) groups excluding carboxylic acids is 1. The van der Waals surface area contributed by atoms with Gasteiger partial charge in [0.25, 0.3) is 5.91 Å². The van der Waals surface area contributed by atoms with Crippen LogP contribution >= 0.6 is 11.6 Å². The Morgan fingerprint density at radius 3 is 2.50 bits per heavy atom. The summed E-state index contributed by atoms with van der Waals surface area (Å²) in [5.74, 6) is -0.776. The number of aliphatic carboxylic acids is 1. The maximum absolute atomic E-state index is 11.8. The highest BCUT2D eigenvalue weighted by Crippen LogP contribution is 2.24. The van der Waals surface area contributed by atoms with E-state index in [4.69, 9.17) is 16.7 Å². The van der Waals surface area contributed by atoms with Gasteiger partial charge in [-0.05, 0) is 12.5 Å². The molecule has 0 saturated carbocycles. The number of nitrogens with zero attached hydrogens (tertiary/aromatic N) is 3. The molecule has 0 atom stereocenters. The number of hydrogen-bond acceptors (Lipinski definition) is 4. The second kappa shape index (κ2) is 7.09. The fraction of sp³-hybridized carbons (Fsp3) is 0.462. The summed E-state index contributed by atoms with van der Waals surface area (Å²) in [6, 6.07) is 1.51. The number of anilines is 1. The monoisotopic (exact) mass is 299 g/mol. The van der Waals surface area contributed by atoms with Gasteiger partial charge >= 0.3 is 5.97 Å². The summed E-state index contributed by atoms with van der Waals surface area (Å²) < 4.78 is 0. The van der Waals surface area contributed by atoms with Crippen LogP contribution in [-0.2, 0) is 4.79 Å². The van der Waals surface area contributed by atoms with E-state index >= 15 is 0 Å². The third kappa shape index (κ3) is 4.09. The predicted molar refractivity (Wildman–Crippen MR) is 77.4 cm³/mol. The van der Waals surface area contributed by atoms with Gasteiger partial charge in [0.2, 0.25) is 0 Å². The third-order valence-corrected chi connectivity index (χ3v) is 2.87. The molecular weight excluding hydrogens is 282 g/mol. The lowest BCUT2D eigenvalue weighted by atomic mass is 10.2. The quantitative estimate of drug-likeness (QED) is 0.866. The highest BCUT2D eigenvalue weighted by molar-refractivity contribution is 6.33. The number of rotatable bonds is 6. The van der Waals surface area contributed by atoms with E-state index in [1.54, 1.807) is 19.0 Å². The van der Waals surface area contributed by atoms with Crippen molar-refractivity contribution in [2.45, 2.75) is 13.3 Å². The molecule has 0 unspecified atom stereocenters. The number of hydrogen-bond donors (Lipinski definition) is 1. The van der Waals surface area contributed by atoms with Crippen LogP contribution in [0.2, 0.25) is 5.02 Å². The Kier molecular flexibility index (Phi) is 5.76. The van der Waals surface area contributed by atoms with E-state index in [-0.39, 0.29) is 17.5 Å². The molecule has 1 rings (SSSR count). The van der Waals surface area contributed by atoms with Crippen LogP contribution in [0.1, 0.15) is 23.7 Å². The highest BCUT2D eigenvalue weighted by Gasteiger charge is 2.17. The Morgan fingerprint density at radius 1 is 1.40 bits per heavy atom. The molecule has 1 amide bonds. The largest absolute Gasteiger partial charge is 0.480 e. The summed E-state index contributed by atoms with van der Waals surface area (Å²) in [6.45, 7) is 2.29. The molecule has 0 bridgehead atoms. The number of pyridine rings is 1. The van der Waals surface area contributed by atoms with Gasteiger partial charge < -0.3 is 14.9 Å². The fourth-order valence-electron chi connectivity index (χ4n) is 1.73. The molecule has 0 fully saturated rings. The molecule has 0 spiro atoms. The number of amides is 1. The minimum absolute atomic E-state index is 0.179. The molecule has 0 aliphatic carbocycles. The smallest absolute Gasteiger partial charge is 0.323 e. The number of carbonyl (C=O) groups is 2. The Morgan fingerprint density at radius 2 is 2.05 bits per heavy atom. The van der Waals surface area contributed by atoms with Gasteiger partial charge in [-0.15, -0.1) is 0 Å². The summed E-state index contributed by atoms with van der Waals surface area (Å²) in [4.78, 5) is 29.8.